The van der Waals surface area contributed by atoms with Crippen LogP contribution in [0.3, 0.4) is 0 Å². The van der Waals surface area contributed by atoms with Crippen LogP contribution in [0.4, 0.5) is 0 Å². The normalized spacial score (nSPS) is 10.7. The lowest BCUT2D eigenvalue weighted by atomic mass is 10.0. The molecule has 0 unspecified atom stereocenters. The van der Waals surface area contributed by atoms with Gasteiger partial charge in [0, 0.05) is 11.6 Å². The van der Waals surface area contributed by atoms with Crippen molar-refractivity contribution in [1.82, 2.24) is 15.5 Å². The highest BCUT2D eigenvalue weighted by atomic mass is 16.5. The number of nitrogens with one attached hydrogen (secondary N) is 1. The molecule has 2 N–H and O–H groups in total. The minimum absolute atomic E-state index is 0.157. The third-order valence-corrected chi connectivity index (χ3v) is 2.84. The second-order valence-corrected chi connectivity index (χ2v) is 4.22. The van der Waals surface area contributed by atoms with Gasteiger partial charge >= 0.3 is 5.97 Å². The maximum absolute atomic E-state index is 12.1. The maximum atomic E-state index is 12.1. The van der Waals surface area contributed by atoms with Crippen LogP contribution in [0.25, 0.3) is 6.08 Å². The Bertz CT molecular complexity index is 678. The summed E-state index contributed by atoms with van der Waals surface area (Å²) >= 11 is 0. The molecular weight excluding hydrogens is 274 g/mol. The largest absolute Gasteiger partial charge is 0.478 e. The number of aromatic nitrogens is 2. The predicted molar refractivity (Wildman–Crippen MR) is 73.3 cm³/mol. The number of hydrogen-bond acceptors (Lipinski definition) is 5. The van der Waals surface area contributed by atoms with Gasteiger partial charge in [-0.2, -0.15) is 4.98 Å². The molecular formula is C14H13N3O4. The van der Waals surface area contributed by atoms with E-state index in [1.807, 2.05) is 0 Å². The molecule has 7 nitrogen and oxygen atoms in total. The Morgan fingerprint density at radius 3 is 2.90 bits per heavy atom. The van der Waals surface area contributed by atoms with Crippen molar-refractivity contribution in [3.63, 3.8) is 0 Å². The van der Waals surface area contributed by atoms with E-state index in [1.165, 1.54) is 12.5 Å². The van der Waals surface area contributed by atoms with Crippen molar-refractivity contribution in [3.05, 3.63) is 53.2 Å². The van der Waals surface area contributed by atoms with Crippen LogP contribution in [0, 0.1) is 6.92 Å². The van der Waals surface area contributed by atoms with Gasteiger partial charge in [-0.05, 0) is 30.2 Å². The van der Waals surface area contributed by atoms with E-state index < -0.39 is 5.97 Å². The minimum atomic E-state index is -1.04. The summed E-state index contributed by atoms with van der Waals surface area (Å²) in [6.07, 6.45) is 3.67. The molecule has 0 spiro atoms. The third-order valence-electron chi connectivity index (χ3n) is 2.84. The highest BCUT2D eigenvalue weighted by Crippen LogP contribution is 2.15. The Kier molecular flexibility index (Phi) is 4.45. The van der Waals surface area contributed by atoms with Crippen LogP contribution < -0.4 is 5.32 Å². The molecule has 0 aliphatic rings. The second-order valence-electron chi connectivity index (χ2n) is 4.22. The molecule has 1 amide bonds. The van der Waals surface area contributed by atoms with Gasteiger partial charge in [0.15, 0.2) is 5.82 Å². The van der Waals surface area contributed by atoms with Crippen LogP contribution in [0.2, 0.25) is 0 Å². The molecule has 108 valence electrons. The summed E-state index contributed by atoms with van der Waals surface area (Å²) in [5, 5.41) is 14.9. The molecule has 1 aromatic heterocycles. The van der Waals surface area contributed by atoms with Crippen molar-refractivity contribution in [2.45, 2.75) is 13.5 Å². The number of rotatable bonds is 5. The summed E-state index contributed by atoms with van der Waals surface area (Å²) in [6.45, 7) is 1.91. The topological polar surface area (TPSA) is 105 Å². The summed E-state index contributed by atoms with van der Waals surface area (Å²) in [6, 6.07) is 5.10. The predicted octanol–water partition coefficient (Wildman–Crippen LogP) is 1.41. The van der Waals surface area contributed by atoms with E-state index in [2.05, 4.69) is 20.0 Å². The van der Waals surface area contributed by atoms with Crippen molar-refractivity contribution in [2.24, 2.45) is 0 Å². The van der Waals surface area contributed by atoms with E-state index in [9.17, 15) is 9.59 Å². The summed E-state index contributed by atoms with van der Waals surface area (Å²) in [7, 11) is 0. The summed E-state index contributed by atoms with van der Waals surface area (Å²) < 4.78 is 4.57. The van der Waals surface area contributed by atoms with Crippen LogP contribution >= 0.6 is 0 Å². The summed E-state index contributed by atoms with van der Waals surface area (Å²) in [5.41, 5.74) is 1.83. The first-order chi connectivity index (χ1) is 10.1. The molecule has 2 rings (SSSR count). The van der Waals surface area contributed by atoms with Crippen LogP contribution in [0.5, 0.6) is 0 Å². The van der Waals surface area contributed by atoms with Gasteiger partial charge in [0.05, 0.1) is 6.54 Å². The van der Waals surface area contributed by atoms with Crippen LogP contribution in [-0.4, -0.2) is 27.1 Å². The van der Waals surface area contributed by atoms with Crippen LogP contribution in [0.1, 0.15) is 27.3 Å². The summed E-state index contributed by atoms with van der Waals surface area (Å²) in [4.78, 5) is 26.5. The lowest BCUT2D eigenvalue weighted by Crippen LogP contribution is -2.24. The Labute approximate surface area is 120 Å². The summed E-state index contributed by atoms with van der Waals surface area (Å²) in [5.74, 6) is -0.952. The second kappa shape index (κ2) is 6.47. The van der Waals surface area contributed by atoms with Crippen LogP contribution in [0.15, 0.2) is 35.2 Å². The molecule has 0 bridgehead atoms. The SMILES string of the molecule is Cc1c(/C=C/C(=O)O)cccc1C(=O)NCc1ncon1. The molecule has 0 aliphatic carbocycles. The van der Waals surface area contributed by atoms with Crippen molar-refractivity contribution in [1.29, 1.82) is 0 Å². The lowest BCUT2D eigenvalue weighted by Gasteiger charge is -2.08. The molecule has 21 heavy (non-hydrogen) atoms. The fraction of sp³-hybridized carbons (Fsp3) is 0.143. The van der Waals surface area contributed by atoms with Gasteiger partial charge in [0.1, 0.15) is 0 Å². The van der Waals surface area contributed by atoms with E-state index in [0.717, 1.165) is 6.08 Å². The Balaban J connectivity index is 2.13. The van der Waals surface area contributed by atoms with E-state index in [0.29, 0.717) is 22.5 Å². The number of amides is 1. The molecule has 0 radical (unpaired) electrons. The molecule has 7 heteroatoms. The molecule has 0 saturated carbocycles. The molecule has 0 aliphatic heterocycles. The molecule has 0 fully saturated rings. The molecule has 1 aromatic carbocycles. The fourth-order valence-electron chi connectivity index (χ4n) is 1.77. The Morgan fingerprint density at radius 2 is 2.24 bits per heavy atom. The molecule has 1 heterocycles. The van der Waals surface area contributed by atoms with Gasteiger partial charge in [-0.1, -0.05) is 17.3 Å². The molecule has 0 saturated heterocycles. The number of hydrogen-bond donors (Lipinski definition) is 2. The standard InChI is InChI=1S/C14H13N3O4/c1-9-10(5-6-13(18)19)3-2-4-11(9)14(20)15-7-12-16-8-21-17-12/h2-6,8H,7H2,1H3,(H,15,20)(H,18,19)/b6-5+. The Morgan fingerprint density at radius 1 is 1.43 bits per heavy atom. The third kappa shape index (κ3) is 3.75. The highest BCUT2D eigenvalue weighted by Gasteiger charge is 2.11. The smallest absolute Gasteiger partial charge is 0.328 e. The zero-order chi connectivity index (χ0) is 15.2. The zero-order valence-corrected chi connectivity index (χ0v) is 11.2. The number of benzene rings is 1. The van der Waals surface area contributed by atoms with Gasteiger partial charge in [0.25, 0.3) is 5.91 Å². The van der Waals surface area contributed by atoms with E-state index in [1.54, 1.807) is 25.1 Å². The van der Waals surface area contributed by atoms with Gasteiger partial charge in [-0.25, -0.2) is 4.79 Å². The van der Waals surface area contributed by atoms with Crippen molar-refractivity contribution >= 4 is 18.0 Å². The fourth-order valence-corrected chi connectivity index (χ4v) is 1.77. The van der Waals surface area contributed by atoms with Gasteiger partial charge in [-0.15, -0.1) is 0 Å². The first-order valence-electron chi connectivity index (χ1n) is 6.12. The van der Waals surface area contributed by atoms with Gasteiger partial charge < -0.3 is 14.9 Å². The first kappa shape index (κ1) is 14.4. The number of nitrogens with zero attached hydrogens (tertiary/aromatic N) is 2. The monoisotopic (exact) mass is 287 g/mol. The highest BCUT2D eigenvalue weighted by molar-refractivity contribution is 5.96. The molecule has 0 atom stereocenters. The number of carbonyl (C=O) groups excluding carboxylic acids is 1. The molecule has 2 aromatic rings. The first-order valence-corrected chi connectivity index (χ1v) is 6.12. The van der Waals surface area contributed by atoms with Gasteiger partial charge in [-0.3, -0.25) is 4.79 Å². The van der Waals surface area contributed by atoms with Crippen LogP contribution in [-0.2, 0) is 11.3 Å². The number of carboxylic acids is 1. The average molecular weight is 287 g/mol. The van der Waals surface area contributed by atoms with E-state index >= 15 is 0 Å². The van der Waals surface area contributed by atoms with Crippen molar-refractivity contribution in [3.8, 4) is 0 Å². The number of aliphatic carboxylic acids is 1. The average Bonchev–Trinajstić information content (AvgIpc) is 2.97. The Hall–Kier alpha value is -2.96. The zero-order valence-electron chi connectivity index (χ0n) is 11.2. The number of carbonyl (C=O) groups is 2. The maximum Gasteiger partial charge on any atom is 0.328 e. The van der Waals surface area contributed by atoms with Gasteiger partial charge in [0.2, 0.25) is 6.39 Å². The number of carboxylic acid groups (broad SMARTS) is 1. The minimum Gasteiger partial charge on any atom is -0.478 e. The lowest BCUT2D eigenvalue weighted by molar-refractivity contribution is -0.131. The van der Waals surface area contributed by atoms with Crippen molar-refractivity contribution < 1.29 is 19.2 Å². The van der Waals surface area contributed by atoms with E-state index in [4.69, 9.17) is 5.11 Å². The van der Waals surface area contributed by atoms with E-state index in [-0.39, 0.29) is 12.5 Å². The van der Waals surface area contributed by atoms with Crippen molar-refractivity contribution in [2.75, 3.05) is 0 Å². The quantitative estimate of drug-likeness (QED) is 0.805.